The van der Waals surface area contributed by atoms with Gasteiger partial charge >= 0.3 is 0 Å². The van der Waals surface area contributed by atoms with Crippen molar-refractivity contribution in [1.82, 2.24) is 9.97 Å². The summed E-state index contributed by atoms with van der Waals surface area (Å²) in [5.41, 5.74) is 8.46. The molecular formula is C23H29F3N6O3S. The molecule has 1 aromatic carbocycles. The first-order valence-corrected chi connectivity index (χ1v) is 12.8. The monoisotopic (exact) mass is 526 g/mol. The summed E-state index contributed by atoms with van der Waals surface area (Å²) in [6.07, 6.45) is -2.18. The van der Waals surface area contributed by atoms with Crippen molar-refractivity contribution in [2.24, 2.45) is 5.11 Å². The van der Waals surface area contributed by atoms with Crippen LogP contribution in [-0.2, 0) is 4.74 Å². The van der Waals surface area contributed by atoms with Crippen LogP contribution in [0.4, 0.5) is 30.5 Å². The molecule has 2 fully saturated rings. The third-order valence-electron chi connectivity index (χ3n) is 6.19. The van der Waals surface area contributed by atoms with Gasteiger partial charge in [0, 0.05) is 17.7 Å². The summed E-state index contributed by atoms with van der Waals surface area (Å²) in [6, 6.07) is 2.82. The number of ether oxygens (including phenoxy) is 1. The molecule has 1 aromatic heterocycles. The number of benzene rings is 1. The zero-order valence-corrected chi connectivity index (χ0v) is 20.4. The molecule has 0 amide bonds. The molecule has 2 saturated carbocycles. The summed E-state index contributed by atoms with van der Waals surface area (Å²) in [5, 5.41) is 29.4. The minimum Gasteiger partial charge on any atom is -0.394 e. The summed E-state index contributed by atoms with van der Waals surface area (Å²) in [4.78, 5) is 8.95. The fourth-order valence-corrected chi connectivity index (χ4v) is 5.01. The van der Waals surface area contributed by atoms with E-state index < -0.39 is 36.1 Å². The second-order valence-electron chi connectivity index (χ2n) is 8.84. The average molecular weight is 527 g/mol. The van der Waals surface area contributed by atoms with Crippen molar-refractivity contribution in [3.63, 3.8) is 0 Å². The van der Waals surface area contributed by atoms with Gasteiger partial charge in [-0.05, 0) is 37.0 Å². The number of hydrogen-bond acceptors (Lipinski definition) is 10. The number of rotatable bonds is 12. The van der Waals surface area contributed by atoms with E-state index in [1.807, 2.05) is 6.92 Å². The molecule has 36 heavy (non-hydrogen) atoms. The highest BCUT2D eigenvalue weighted by Gasteiger charge is 2.45. The van der Waals surface area contributed by atoms with Gasteiger partial charge in [0.1, 0.15) is 12.3 Å². The molecule has 0 bridgehead atoms. The lowest BCUT2D eigenvalue weighted by atomic mass is 10.1. The average Bonchev–Trinajstić information content (AvgIpc) is 3.57. The SMILES string of the molecule is CCCSc1nc(NC2CC2c2ccc(F)c(F)c2)c(N=N)c(NC2CC(O)C(OCCO)C2F)n1. The van der Waals surface area contributed by atoms with Crippen molar-refractivity contribution in [3.05, 3.63) is 35.4 Å². The van der Waals surface area contributed by atoms with Gasteiger partial charge in [0.2, 0.25) is 0 Å². The number of hydrogen-bond donors (Lipinski definition) is 5. The zero-order chi connectivity index (χ0) is 25.8. The summed E-state index contributed by atoms with van der Waals surface area (Å²) in [7, 11) is 0. The molecular weight excluding hydrogens is 497 g/mol. The maximum absolute atomic E-state index is 15.0. The summed E-state index contributed by atoms with van der Waals surface area (Å²) in [6.45, 7) is 1.62. The minimum absolute atomic E-state index is 0.0414. The number of anilines is 2. The van der Waals surface area contributed by atoms with E-state index in [1.165, 1.54) is 23.9 Å². The van der Waals surface area contributed by atoms with E-state index in [-0.39, 0.29) is 48.9 Å². The van der Waals surface area contributed by atoms with E-state index in [4.69, 9.17) is 15.4 Å². The van der Waals surface area contributed by atoms with Crippen molar-refractivity contribution in [2.45, 2.75) is 67.7 Å². The molecule has 9 nitrogen and oxygen atoms in total. The van der Waals surface area contributed by atoms with Crippen molar-refractivity contribution in [1.29, 1.82) is 5.53 Å². The van der Waals surface area contributed by atoms with E-state index in [0.717, 1.165) is 18.2 Å². The minimum atomic E-state index is -1.58. The molecule has 13 heteroatoms. The van der Waals surface area contributed by atoms with Crippen LogP contribution in [0, 0.1) is 17.2 Å². The number of thioether (sulfide) groups is 1. The Morgan fingerprint density at radius 3 is 2.53 bits per heavy atom. The van der Waals surface area contributed by atoms with Crippen molar-refractivity contribution in [2.75, 3.05) is 29.6 Å². The smallest absolute Gasteiger partial charge is 0.191 e. The maximum Gasteiger partial charge on any atom is 0.191 e. The Kier molecular flexibility index (Phi) is 8.65. The second kappa shape index (κ2) is 11.7. The Bertz CT molecular complexity index is 1080. The molecule has 196 valence electrons. The number of nitrogens with one attached hydrogen (secondary N) is 3. The first-order valence-electron chi connectivity index (χ1n) is 11.8. The van der Waals surface area contributed by atoms with Crippen molar-refractivity contribution >= 4 is 29.1 Å². The number of nitrogens with zero attached hydrogens (tertiary/aromatic N) is 3. The highest BCUT2D eigenvalue weighted by Crippen LogP contribution is 2.45. The lowest BCUT2D eigenvalue weighted by molar-refractivity contribution is -0.0566. The molecule has 5 N–H and O–H groups in total. The third-order valence-corrected chi connectivity index (χ3v) is 7.24. The Hall–Kier alpha value is -2.48. The fourth-order valence-electron chi connectivity index (χ4n) is 4.31. The number of aliphatic hydroxyl groups is 2. The molecule has 1 heterocycles. The molecule has 6 unspecified atom stereocenters. The van der Waals surface area contributed by atoms with Gasteiger partial charge in [-0.2, -0.15) is 5.11 Å². The number of aromatic nitrogens is 2. The van der Waals surface area contributed by atoms with Gasteiger partial charge in [-0.3, -0.25) is 0 Å². The van der Waals surface area contributed by atoms with Crippen LogP contribution in [0.1, 0.15) is 37.7 Å². The highest BCUT2D eigenvalue weighted by molar-refractivity contribution is 7.99. The maximum atomic E-state index is 15.0. The van der Waals surface area contributed by atoms with Crippen molar-refractivity contribution in [3.8, 4) is 0 Å². The molecule has 0 radical (unpaired) electrons. The van der Waals surface area contributed by atoms with Gasteiger partial charge in [-0.15, -0.1) is 0 Å². The lowest BCUT2D eigenvalue weighted by Crippen LogP contribution is -2.35. The van der Waals surface area contributed by atoms with Crippen LogP contribution in [0.2, 0.25) is 0 Å². The second-order valence-corrected chi connectivity index (χ2v) is 9.90. The Balaban J connectivity index is 1.55. The Morgan fingerprint density at radius 2 is 1.89 bits per heavy atom. The Labute approximate surface area is 210 Å². The van der Waals surface area contributed by atoms with E-state index >= 15 is 4.39 Å². The van der Waals surface area contributed by atoms with Gasteiger partial charge in [-0.1, -0.05) is 24.8 Å². The number of aliphatic hydroxyl groups excluding tert-OH is 2. The normalized spacial score (nSPS) is 27.2. The van der Waals surface area contributed by atoms with Gasteiger partial charge in [0.05, 0.1) is 25.4 Å². The number of halogens is 3. The molecule has 2 aliphatic carbocycles. The van der Waals surface area contributed by atoms with Crippen molar-refractivity contribution < 1.29 is 28.1 Å². The largest absolute Gasteiger partial charge is 0.394 e. The first-order chi connectivity index (χ1) is 17.4. The van der Waals surface area contributed by atoms with Crippen LogP contribution in [0.25, 0.3) is 0 Å². The van der Waals surface area contributed by atoms with Crippen LogP contribution < -0.4 is 10.6 Å². The third kappa shape index (κ3) is 5.90. The fraction of sp³-hybridized carbons (Fsp3) is 0.565. The van der Waals surface area contributed by atoms with E-state index in [9.17, 15) is 13.9 Å². The summed E-state index contributed by atoms with van der Waals surface area (Å²) in [5.74, 6) is -0.723. The van der Waals surface area contributed by atoms with Crippen LogP contribution >= 0.6 is 11.8 Å². The van der Waals surface area contributed by atoms with Gasteiger partial charge in [0.25, 0.3) is 0 Å². The van der Waals surface area contributed by atoms with Gasteiger partial charge < -0.3 is 25.6 Å². The predicted octanol–water partition coefficient (Wildman–Crippen LogP) is 4.15. The van der Waals surface area contributed by atoms with Gasteiger partial charge in [-0.25, -0.2) is 28.7 Å². The van der Waals surface area contributed by atoms with Gasteiger partial charge in [0.15, 0.2) is 34.1 Å². The summed E-state index contributed by atoms with van der Waals surface area (Å²) >= 11 is 1.40. The molecule has 6 atom stereocenters. The van der Waals surface area contributed by atoms with Crippen LogP contribution in [0.3, 0.4) is 0 Å². The molecule has 2 aliphatic rings. The Morgan fingerprint density at radius 1 is 1.17 bits per heavy atom. The molecule has 0 spiro atoms. The van der Waals surface area contributed by atoms with Crippen LogP contribution in [0.5, 0.6) is 0 Å². The van der Waals surface area contributed by atoms with Crippen LogP contribution in [-0.4, -0.2) is 69.6 Å². The van der Waals surface area contributed by atoms with E-state index in [2.05, 4.69) is 25.7 Å². The molecule has 4 rings (SSSR count). The number of alkyl halides is 1. The lowest BCUT2D eigenvalue weighted by Gasteiger charge is -2.21. The molecule has 2 aromatic rings. The first kappa shape index (κ1) is 26.6. The zero-order valence-electron chi connectivity index (χ0n) is 19.6. The quantitative estimate of drug-likeness (QED) is 0.158. The topological polar surface area (TPSA) is 136 Å². The summed E-state index contributed by atoms with van der Waals surface area (Å²) < 4.78 is 47.3. The van der Waals surface area contributed by atoms with Crippen LogP contribution in [0.15, 0.2) is 28.5 Å². The van der Waals surface area contributed by atoms with E-state index in [1.54, 1.807) is 0 Å². The standard InChI is InChI=1S/C23H29F3N6O3S/c1-2-7-36-23-30-21(28-15-9-12(15)11-3-4-13(24)14(25)8-11)19(32-27)22(31-23)29-16-10-17(34)20(18(16)26)35-6-5-33/h3-4,8,12,15-18,20,27,33-34H,2,5-7,9-10H2,1H3,(H2,28,29,30,31). The van der Waals surface area contributed by atoms with E-state index in [0.29, 0.717) is 17.1 Å². The predicted molar refractivity (Wildman–Crippen MR) is 129 cm³/mol. The molecule has 0 saturated heterocycles. The highest BCUT2D eigenvalue weighted by atomic mass is 32.2. The molecule has 0 aliphatic heterocycles.